The van der Waals surface area contributed by atoms with Crippen molar-refractivity contribution in [1.82, 2.24) is 9.80 Å². The number of benzene rings is 2. The molecule has 13 heteroatoms. The summed E-state index contributed by atoms with van der Waals surface area (Å²) in [5.41, 5.74) is -3.01. The monoisotopic (exact) mass is 637 g/mol. The van der Waals surface area contributed by atoms with Crippen LogP contribution in [0.25, 0.3) is 0 Å². The summed E-state index contributed by atoms with van der Waals surface area (Å²) in [5.74, 6) is -3.14. The zero-order valence-electron chi connectivity index (χ0n) is 26.2. The Morgan fingerprint density at radius 1 is 1.09 bits per heavy atom. The van der Waals surface area contributed by atoms with Crippen LogP contribution in [0.3, 0.4) is 0 Å². The van der Waals surface area contributed by atoms with Gasteiger partial charge < -0.3 is 44.4 Å². The number of piperazine rings is 1. The fraction of sp³-hybridized carbons (Fsp3) is 0.515. The van der Waals surface area contributed by atoms with Crippen LogP contribution in [0.4, 0.5) is 0 Å². The van der Waals surface area contributed by atoms with Gasteiger partial charge in [-0.3, -0.25) is 19.4 Å². The van der Waals surface area contributed by atoms with Gasteiger partial charge in [-0.15, -0.1) is 0 Å². The SMILES string of the molecule is COc1cccc2c1C(=O)c1c(O)c3c(c(O)c1C2=O)CC(O)(C(C)=O)C[C@@H]3OC1C[C@@H](N=CN2CCN(C)CC2)C(O)C(C)O1. The van der Waals surface area contributed by atoms with E-state index in [-0.39, 0.29) is 40.8 Å². The zero-order valence-corrected chi connectivity index (χ0v) is 26.2. The van der Waals surface area contributed by atoms with E-state index in [1.54, 1.807) is 13.3 Å². The summed E-state index contributed by atoms with van der Waals surface area (Å²) in [6.07, 6.45) is -2.78. The van der Waals surface area contributed by atoms with Crippen molar-refractivity contribution in [3.8, 4) is 17.2 Å². The van der Waals surface area contributed by atoms with E-state index in [0.717, 1.165) is 26.2 Å². The van der Waals surface area contributed by atoms with Gasteiger partial charge >= 0.3 is 0 Å². The second-order valence-electron chi connectivity index (χ2n) is 12.6. The number of aliphatic hydroxyl groups is 2. The number of ether oxygens (including phenoxy) is 3. The van der Waals surface area contributed by atoms with Gasteiger partial charge in [0.15, 0.2) is 17.9 Å². The Morgan fingerprint density at radius 3 is 2.46 bits per heavy atom. The molecular weight excluding hydrogens is 598 g/mol. The Kier molecular flexibility index (Phi) is 8.40. The quantitative estimate of drug-likeness (QED) is 0.174. The highest BCUT2D eigenvalue weighted by Crippen LogP contribution is 2.52. The number of rotatable bonds is 6. The first-order valence-electron chi connectivity index (χ1n) is 15.4. The highest BCUT2D eigenvalue weighted by molar-refractivity contribution is 6.31. The Balaban J connectivity index is 1.38. The molecular formula is C33H39N3O10. The van der Waals surface area contributed by atoms with E-state index in [9.17, 15) is 34.8 Å². The van der Waals surface area contributed by atoms with Gasteiger partial charge in [-0.2, -0.15) is 0 Å². The molecule has 2 aliphatic carbocycles. The maximum Gasteiger partial charge on any atom is 0.202 e. The first-order valence-corrected chi connectivity index (χ1v) is 15.4. The topological polar surface area (TPSA) is 179 Å². The van der Waals surface area contributed by atoms with E-state index >= 15 is 0 Å². The Labute approximate surface area is 266 Å². The van der Waals surface area contributed by atoms with Gasteiger partial charge in [-0.1, -0.05) is 12.1 Å². The summed E-state index contributed by atoms with van der Waals surface area (Å²) >= 11 is 0. The molecule has 4 unspecified atom stereocenters. The zero-order chi connectivity index (χ0) is 33.1. The van der Waals surface area contributed by atoms with Crippen LogP contribution >= 0.6 is 0 Å². The molecule has 2 aromatic rings. The molecule has 2 aliphatic heterocycles. The molecule has 13 nitrogen and oxygen atoms in total. The van der Waals surface area contributed by atoms with Gasteiger partial charge in [0.2, 0.25) is 5.78 Å². The Hall–Kier alpha value is -3.88. The number of carbonyl (C=O) groups excluding carboxylic acids is 3. The number of phenolic OH excluding ortho intramolecular Hbond substituents is 2. The summed E-state index contributed by atoms with van der Waals surface area (Å²) in [6, 6.07) is 3.87. The third-order valence-corrected chi connectivity index (χ3v) is 9.68. The molecule has 2 fully saturated rings. The summed E-state index contributed by atoms with van der Waals surface area (Å²) < 4.78 is 17.6. The predicted molar refractivity (Wildman–Crippen MR) is 164 cm³/mol. The summed E-state index contributed by atoms with van der Waals surface area (Å²) in [5, 5.41) is 45.6. The lowest BCUT2D eigenvalue weighted by atomic mass is 9.72. The lowest BCUT2D eigenvalue weighted by Crippen LogP contribution is -2.49. The minimum Gasteiger partial charge on any atom is -0.507 e. The van der Waals surface area contributed by atoms with E-state index in [1.807, 2.05) is 7.05 Å². The molecule has 0 amide bonds. The molecule has 6 rings (SSSR count). The number of fused-ring (bicyclic) bond motifs is 3. The normalized spacial score (nSPS) is 29.8. The lowest BCUT2D eigenvalue weighted by Gasteiger charge is -2.42. The second-order valence-corrected chi connectivity index (χ2v) is 12.6. The second kappa shape index (κ2) is 12.0. The molecule has 0 aromatic heterocycles. The van der Waals surface area contributed by atoms with Crippen LogP contribution in [0.2, 0.25) is 0 Å². The molecule has 246 valence electrons. The van der Waals surface area contributed by atoms with Gasteiger partial charge in [0.05, 0.1) is 48.4 Å². The molecule has 4 N–H and O–H groups in total. The van der Waals surface area contributed by atoms with Crippen LogP contribution in [0, 0.1) is 0 Å². The molecule has 2 heterocycles. The third-order valence-electron chi connectivity index (χ3n) is 9.68. The summed E-state index contributed by atoms with van der Waals surface area (Å²) in [7, 11) is 3.40. The van der Waals surface area contributed by atoms with Crippen molar-refractivity contribution in [1.29, 1.82) is 0 Å². The first kappa shape index (κ1) is 32.1. The van der Waals surface area contributed by atoms with Crippen LogP contribution in [0.1, 0.15) is 75.8 Å². The maximum absolute atomic E-state index is 13.8. The molecule has 0 saturated carbocycles. The van der Waals surface area contributed by atoms with Crippen molar-refractivity contribution in [3.05, 3.63) is 51.6 Å². The number of ketones is 3. The van der Waals surface area contributed by atoms with Crippen molar-refractivity contribution >= 4 is 23.7 Å². The molecule has 2 saturated heterocycles. The average molecular weight is 638 g/mol. The molecule has 2 aromatic carbocycles. The largest absolute Gasteiger partial charge is 0.507 e. The van der Waals surface area contributed by atoms with E-state index in [1.165, 1.54) is 32.2 Å². The number of hydrogen-bond acceptors (Lipinski definition) is 12. The van der Waals surface area contributed by atoms with Crippen LogP contribution in [-0.2, 0) is 20.7 Å². The Bertz CT molecular complexity index is 1620. The van der Waals surface area contributed by atoms with E-state index < -0.39 is 82.6 Å². The number of carbonyl (C=O) groups is 3. The van der Waals surface area contributed by atoms with Gasteiger partial charge in [0.1, 0.15) is 29.0 Å². The summed E-state index contributed by atoms with van der Waals surface area (Å²) in [6.45, 7) is 6.24. The van der Waals surface area contributed by atoms with Crippen molar-refractivity contribution in [3.63, 3.8) is 0 Å². The average Bonchev–Trinajstić information content (AvgIpc) is 3.02. The van der Waals surface area contributed by atoms with Gasteiger partial charge in [-0.05, 0) is 27.0 Å². The molecule has 0 bridgehead atoms. The molecule has 0 radical (unpaired) electrons. The predicted octanol–water partition coefficient (Wildman–Crippen LogP) is 1.35. The van der Waals surface area contributed by atoms with Crippen LogP contribution in [-0.4, -0.2) is 124 Å². The number of phenols is 2. The minimum absolute atomic E-state index is 0.0109. The first-order chi connectivity index (χ1) is 21.8. The molecule has 46 heavy (non-hydrogen) atoms. The summed E-state index contributed by atoms with van der Waals surface area (Å²) in [4.78, 5) is 49.2. The number of aliphatic hydroxyl groups excluding tert-OH is 1. The van der Waals surface area contributed by atoms with Gasteiger partial charge in [0.25, 0.3) is 0 Å². The molecule has 6 atom stereocenters. The number of aliphatic imine (C=N–C) groups is 1. The van der Waals surface area contributed by atoms with Crippen molar-refractivity contribution in [2.45, 2.75) is 69.4 Å². The lowest BCUT2D eigenvalue weighted by molar-refractivity contribution is -0.246. The molecule has 4 aliphatic rings. The number of methoxy groups -OCH3 is 1. The van der Waals surface area contributed by atoms with Crippen LogP contribution in [0.5, 0.6) is 17.2 Å². The highest BCUT2D eigenvalue weighted by atomic mass is 16.7. The van der Waals surface area contributed by atoms with Crippen LogP contribution < -0.4 is 4.74 Å². The van der Waals surface area contributed by atoms with E-state index in [2.05, 4.69) is 14.8 Å². The Morgan fingerprint density at radius 2 is 1.78 bits per heavy atom. The van der Waals surface area contributed by atoms with Crippen LogP contribution in [0.15, 0.2) is 23.2 Å². The highest BCUT2D eigenvalue weighted by Gasteiger charge is 2.49. The number of nitrogens with zero attached hydrogens (tertiary/aromatic N) is 3. The van der Waals surface area contributed by atoms with E-state index in [0.29, 0.717) is 0 Å². The van der Waals surface area contributed by atoms with Gasteiger partial charge in [0, 0.05) is 62.1 Å². The van der Waals surface area contributed by atoms with Crippen molar-refractivity contribution in [2.24, 2.45) is 4.99 Å². The smallest absolute Gasteiger partial charge is 0.202 e. The van der Waals surface area contributed by atoms with E-state index in [4.69, 9.17) is 14.2 Å². The number of Topliss-reactive ketones (excluding diaryl/α,β-unsaturated/α-hetero) is 1. The molecule has 0 spiro atoms. The van der Waals surface area contributed by atoms with Gasteiger partial charge in [-0.25, -0.2) is 0 Å². The fourth-order valence-electron chi connectivity index (χ4n) is 6.86. The van der Waals surface area contributed by atoms with Crippen molar-refractivity contribution < 1.29 is 49.0 Å². The fourth-order valence-corrected chi connectivity index (χ4v) is 6.86. The standard InChI is InChI=1S/C33H39N3O10/c1-16-28(38)20(34-15-36-10-8-35(3)9-11-36)12-23(45-16)46-22-14-33(43,17(2)37)13-19-25(22)32(42)27-26(30(19)40)29(39)18-6-5-7-21(44-4)24(18)31(27)41/h5-7,15-16,20,22-23,28,38,40,42-43H,8-14H2,1-4H3/t16?,20-,22+,23?,28?,33?/m1/s1. The third kappa shape index (κ3) is 5.35. The number of hydrogen-bond donors (Lipinski definition) is 4. The maximum atomic E-state index is 13.8. The van der Waals surface area contributed by atoms with Crippen molar-refractivity contribution in [2.75, 3.05) is 40.3 Å². The number of likely N-dealkylation sites (N-methyl/N-ethyl adjacent to an activating group) is 1. The number of aromatic hydroxyl groups is 2. The minimum atomic E-state index is -2.02.